The Balaban J connectivity index is 1.16. The number of ketones is 1. The van der Waals surface area contributed by atoms with Gasteiger partial charge in [0, 0.05) is 46.6 Å². The maximum absolute atomic E-state index is 14.8. The van der Waals surface area contributed by atoms with Gasteiger partial charge in [-0.1, -0.05) is 66.9 Å². The third kappa shape index (κ3) is 10.8. The number of rotatable bonds is 10. The number of nitrogens with zero attached hydrogens (tertiary/aromatic N) is 1. The zero-order valence-electron chi connectivity index (χ0n) is 35.6. The Morgan fingerprint density at radius 2 is 1.61 bits per heavy atom. The Labute approximate surface area is 364 Å². The predicted octanol–water partition coefficient (Wildman–Crippen LogP) is 7.36. The van der Waals surface area contributed by atoms with Crippen LogP contribution in [0.1, 0.15) is 85.5 Å². The van der Waals surface area contributed by atoms with Crippen molar-refractivity contribution in [1.29, 1.82) is 0 Å². The highest BCUT2D eigenvalue weighted by atomic mass is 35.6. The molecule has 3 aliphatic carbocycles. The topological polar surface area (TPSA) is 138 Å². The van der Waals surface area contributed by atoms with Gasteiger partial charge in [-0.15, -0.1) is 0 Å². The first-order valence-electron chi connectivity index (χ1n) is 21.4. The van der Waals surface area contributed by atoms with Crippen LogP contribution >= 0.6 is 34.8 Å². The van der Waals surface area contributed by atoms with Crippen LogP contribution < -0.4 is 0 Å². The van der Waals surface area contributed by atoms with Gasteiger partial charge in [0.2, 0.25) is 3.79 Å². The summed E-state index contributed by atoms with van der Waals surface area (Å²) in [6, 6.07) is -0.288. The maximum atomic E-state index is 14.8. The summed E-state index contributed by atoms with van der Waals surface area (Å²) >= 11 is 17.3. The monoisotopic (exact) mass is 891 g/mol. The normalized spacial score (nSPS) is 41.7. The van der Waals surface area contributed by atoms with E-state index in [4.69, 9.17) is 77.4 Å². The molecular weight excluding hydrogens is 829 g/mol. The lowest BCUT2D eigenvalue weighted by atomic mass is 9.70. The Morgan fingerprint density at radius 1 is 0.881 bits per heavy atom. The number of likely N-dealkylation sites (N-methyl/N-ethyl adjacent to an activating group) is 1. The molecule has 334 valence electrons. The molecule has 3 aliphatic heterocycles. The lowest BCUT2D eigenvalue weighted by Crippen LogP contribution is -2.59. The summed E-state index contributed by atoms with van der Waals surface area (Å²) < 4.78 is 53.0. The van der Waals surface area contributed by atoms with E-state index in [1.807, 2.05) is 27.7 Å². The van der Waals surface area contributed by atoms with Crippen molar-refractivity contribution in [1.82, 2.24) is 4.90 Å². The summed E-state index contributed by atoms with van der Waals surface area (Å²) in [5.41, 5.74) is 0.687. The van der Waals surface area contributed by atoms with Gasteiger partial charge in [-0.3, -0.25) is 9.59 Å². The summed E-state index contributed by atoms with van der Waals surface area (Å²) in [4.78, 5) is 42.5. The highest BCUT2D eigenvalue weighted by Crippen LogP contribution is 2.54. The average Bonchev–Trinajstić information content (AvgIpc) is 3.78. The maximum Gasteiger partial charge on any atom is 0.409 e. The molecule has 0 N–H and O–H groups in total. The zero-order chi connectivity index (χ0) is 42.8. The van der Waals surface area contributed by atoms with Crippen LogP contribution in [0.2, 0.25) is 0 Å². The van der Waals surface area contributed by atoms with Crippen molar-refractivity contribution < 1.29 is 57.0 Å². The minimum Gasteiger partial charge on any atom is -0.462 e. The molecule has 16 heteroatoms. The van der Waals surface area contributed by atoms with Crippen LogP contribution in [0.4, 0.5) is 4.79 Å². The van der Waals surface area contributed by atoms with E-state index in [0.29, 0.717) is 44.1 Å². The van der Waals surface area contributed by atoms with E-state index in [1.165, 1.54) is 4.90 Å². The molecule has 13 nitrogen and oxygen atoms in total. The van der Waals surface area contributed by atoms with E-state index < -0.39 is 40.6 Å². The first kappa shape index (κ1) is 47.0. The first-order valence-corrected chi connectivity index (χ1v) is 22.5. The van der Waals surface area contributed by atoms with Crippen LogP contribution in [0.15, 0.2) is 23.8 Å². The Hall–Kier alpha value is -1.52. The largest absolute Gasteiger partial charge is 0.462 e. The number of carbonyl (C=O) groups is 3. The molecule has 3 heterocycles. The number of hydrogen-bond acceptors (Lipinski definition) is 12. The summed E-state index contributed by atoms with van der Waals surface area (Å²) in [5.74, 6) is -0.568. The van der Waals surface area contributed by atoms with E-state index >= 15 is 0 Å². The fourth-order valence-corrected chi connectivity index (χ4v) is 10.8. The molecule has 0 radical (unpaired) electrons. The van der Waals surface area contributed by atoms with E-state index in [-0.39, 0.29) is 97.0 Å². The standard InChI is InChI=1S/C43H64Cl3NO12/c1-9-26-11-10-12-34(59-36-16-15-33(23(3)55-36)47(5)42(50)54-21-43(44,45)46)22(2)37(49)32-19-30-28(31(32)20-35(48)57-26)14-13-25-17-27(18-29(25)30)58-41-40(53-8)39(52-7)38(51-6)24(4)56-41/h13-14,19,22-31,33-34,36,38-41H,9-12,15-18,20-21H2,1-8H3/t22-,23+,24+,25-,26+,27-,28-,29-,30-,31+,33+,34+,36+,38+,39-,40-,41+/m1/s1. The molecule has 6 rings (SSSR count). The highest BCUT2D eigenvalue weighted by molar-refractivity contribution is 6.67. The Kier molecular flexibility index (Phi) is 16.2. The zero-order valence-corrected chi connectivity index (χ0v) is 37.9. The van der Waals surface area contributed by atoms with Gasteiger partial charge in [-0.25, -0.2) is 4.79 Å². The van der Waals surface area contributed by atoms with Crippen LogP contribution in [0.3, 0.4) is 0 Å². The molecule has 0 aromatic heterocycles. The van der Waals surface area contributed by atoms with Gasteiger partial charge in [0.25, 0.3) is 0 Å². The SMILES string of the molecule is CC[C@H]1CCC[C@H](O[C@H]2CC[C@H](N(C)C(=O)OCC(Cl)(Cl)Cl)[C@H](C)O2)[C@@H](C)C(=O)C2=C[C@@H]3[C@@H](C=C[C@@H]4C[C@@H](O[C@@H]5O[C@@H](C)[C@H](OC)[C@@H](OC)[C@H]5OC)C[C@@H]34)[C@@H]2CC(=O)O1. The summed E-state index contributed by atoms with van der Waals surface area (Å²) in [5, 5.41) is 0. The minimum absolute atomic E-state index is 0.00504. The fraction of sp³-hybridized carbons (Fsp3) is 0.837. The Bertz CT molecular complexity index is 1530. The van der Waals surface area contributed by atoms with E-state index in [1.54, 1.807) is 28.4 Å². The molecule has 3 saturated heterocycles. The second kappa shape index (κ2) is 20.3. The molecule has 59 heavy (non-hydrogen) atoms. The molecule has 4 fully saturated rings. The van der Waals surface area contributed by atoms with Crippen molar-refractivity contribution in [2.24, 2.45) is 35.5 Å². The quantitative estimate of drug-likeness (QED) is 0.123. The third-order valence-corrected chi connectivity index (χ3v) is 14.1. The predicted molar refractivity (Wildman–Crippen MR) is 220 cm³/mol. The number of ether oxygens (including phenoxy) is 9. The number of allylic oxidation sites excluding steroid dienone is 4. The van der Waals surface area contributed by atoms with Crippen LogP contribution in [0, 0.1) is 35.5 Å². The number of hydrogen-bond donors (Lipinski definition) is 0. The number of Topliss-reactive ketones (excluding diaryl/α,β-unsaturated/α-hetero) is 1. The van der Waals surface area contributed by atoms with Crippen molar-refractivity contribution in [3.05, 3.63) is 23.8 Å². The van der Waals surface area contributed by atoms with Crippen molar-refractivity contribution in [2.75, 3.05) is 35.0 Å². The van der Waals surface area contributed by atoms with Crippen molar-refractivity contribution in [2.45, 2.75) is 157 Å². The van der Waals surface area contributed by atoms with Crippen LogP contribution in [0.5, 0.6) is 0 Å². The number of cyclic esters (lactones) is 1. The van der Waals surface area contributed by atoms with E-state index in [0.717, 1.165) is 12.8 Å². The molecule has 1 saturated carbocycles. The second-order valence-electron chi connectivity index (χ2n) is 17.3. The molecule has 1 amide bonds. The molecule has 0 unspecified atom stereocenters. The fourth-order valence-electron chi connectivity index (χ4n) is 10.6. The van der Waals surface area contributed by atoms with Gasteiger partial charge in [0.1, 0.15) is 31.0 Å². The van der Waals surface area contributed by atoms with Gasteiger partial charge >= 0.3 is 12.1 Å². The van der Waals surface area contributed by atoms with Gasteiger partial charge in [-0.05, 0) is 88.0 Å². The molecule has 0 bridgehead atoms. The van der Waals surface area contributed by atoms with E-state index in [2.05, 4.69) is 18.2 Å². The van der Waals surface area contributed by atoms with Crippen LogP contribution in [0.25, 0.3) is 0 Å². The molecule has 0 aromatic rings. The van der Waals surface area contributed by atoms with Gasteiger partial charge in [0.05, 0.1) is 36.9 Å². The van der Waals surface area contributed by atoms with Crippen molar-refractivity contribution >= 4 is 52.6 Å². The number of carbonyl (C=O) groups excluding carboxylic acids is 3. The third-order valence-electron chi connectivity index (χ3n) is 13.7. The molecule has 0 aromatic carbocycles. The van der Waals surface area contributed by atoms with E-state index in [9.17, 15) is 14.4 Å². The lowest BCUT2D eigenvalue weighted by Gasteiger charge is -2.44. The summed E-state index contributed by atoms with van der Waals surface area (Å²) in [7, 11) is 6.55. The molecule has 0 spiro atoms. The number of alkyl halides is 3. The molecule has 17 atom stereocenters. The average molecular weight is 893 g/mol. The molecular formula is C43H64Cl3NO12. The molecule has 6 aliphatic rings. The minimum atomic E-state index is -1.71. The van der Waals surface area contributed by atoms with Crippen LogP contribution in [-0.2, 0) is 52.2 Å². The lowest BCUT2D eigenvalue weighted by molar-refractivity contribution is -0.314. The van der Waals surface area contributed by atoms with Gasteiger partial charge < -0.3 is 47.5 Å². The second-order valence-corrected chi connectivity index (χ2v) is 19.8. The number of esters is 1. The summed E-state index contributed by atoms with van der Waals surface area (Å²) in [6.07, 6.45) is 7.77. The van der Waals surface area contributed by atoms with Gasteiger partial charge in [-0.2, -0.15) is 0 Å². The number of amides is 1. The van der Waals surface area contributed by atoms with Gasteiger partial charge in [0.15, 0.2) is 18.4 Å². The van der Waals surface area contributed by atoms with Crippen LogP contribution in [-0.4, -0.2) is 129 Å². The smallest absolute Gasteiger partial charge is 0.409 e. The highest BCUT2D eigenvalue weighted by Gasteiger charge is 2.53. The number of fused-ring (bicyclic) bond motifs is 5. The van der Waals surface area contributed by atoms with Crippen molar-refractivity contribution in [3.63, 3.8) is 0 Å². The Morgan fingerprint density at radius 3 is 2.27 bits per heavy atom. The number of methoxy groups -OCH3 is 3. The first-order chi connectivity index (χ1) is 28.1. The number of halogens is 3. The summed E-state index contributed by atoms with van der Waals surface area (Å²) in [6.45, 7) is 7.43. The van der Waals surface area contributed by atoms with Crippen molar-refractivity contribution in [3.8, 4) is 0 Å².